The summed E-state index contributed by atoms with van der Waals surface area (Å²) in [6.07, 6.45) is 8.92. The Morgan fingerprint density at radius 3 is 2.56 bits per heavy atom. The molecule has 32 heavy (non-hydrogen) atoms. The number of hydrogen-bond acceptors (Lipinski definition) is 5. The SMILES string of the molecule is C=C/C(=C\C=C(/C=C)c1scnc1C)CNC(=O)[C@@H]1CCCN1C(=O)[C@@H](NC)C(C)(C)C. The number of thiazole rings is 1. The molecule has 1 fully saturated rings. The van der Waals surface area contributed by atoms with E-state index in [0.29, 0.717) is 19.5 Å². The fourth-order valence-electron chi connectivity index (χ4n) is 3.91. The number of carbonyl (C=O) groups is 2. The lowest BCUT2D eigenvalue weighted by Crippen LogP contribution is -2.55. The summed E-state index contributed by atoms with van der Waals surface area (Å²) >= 11 is 1.57. The molecule has 0 bridgehead atoms. The number of likely N-dealkylation sites (N-methyl/N-ethyl adjacent to an activating group) is 1. The third-order valence-electron chi connectivity index (χ3n) is 5.67. The number of aromatic nitrogens is 1. The van der Waals surface area contributed by atoms with Gasteiger partial charge in [-0.2, -0.15) is 0 Å². The molecule has 0 radical (unpaired) electrons. The van der Waals surface area contributed by atoms with Crippen molar-refractivity contribution >= 4 is 28.7 Å². The Labute approximate surface area is 196 Å². The smallest absolute Gasteiger partial charge is 0.243 e. The minimum Gasteiger partial charge on any atom is -0.350 e. The predicted octanol–water partition coefficient (Wildman–Crippen LogP) is 3.87. The van der Waals surface area contributed by atoms with Gasteiger partial charge in [0, 0.05) is 13.1 Å². The predicted molar refractivity (Wildman–Crippen MR) is 133 cm³/mol. The second kappa shape index (κ2) is 11.4. The van der Waals surface area contributed by atoms with Crippen molar-refractivity contribution in [3.63, 3.8) is 0 Å². The molecular formula is C25H36N4O2S. The number of hydrogen-bond donors (Lipinski definition) is 2. The summed E-state index contributed by atoms with van der Waals surface area (Å²) in [5.41, 5.74) is 4.39. The number of nitrogens with one attached hydrogen (secondary N) is 2. The van der Waals surface area contributed by atoms with Gasteiger partial charge < -0.3 is 15.5 Å². The molecule has 1 aliphatic heterocycles. The number of carbonyl (C=O) groups excluding carboxylic acids is 2. The molecule has 1 saturated heterocycles. The summed E-state index contributed by atoms with van der Waals surface area (Å²) in [5.74, 6) is -0.144. The van der Waals surface area contributed by atoms with Gasteiger partial charge in [0.2, 0.25) is 11.8 Å². The van der Waals surface area contributed by atoms with Gasteiger partial charge in [0.05, 0.1) is 22.1 Å². The second-order valence-electron chi connectivity index (χ2n) is 9.03. The van der Waals surface area contributed by atoms with Crippen molar-refractivity contribution in [3.05, 3.63) is 59.1 Å². The number of likely N-dealkylation sites (tertiary alicyclic amines) is 1. The monoisotopic (exact) mass is 456 g/mol. The second-order valence-corrected chi connectivity index (χ2v) is 9.89. The zero-order valence-corrected chi connectivity index (χ0v) is 20.7. The van der Waals surface area contributed by atoms with Crippen LogP contribution >= 0.6 is 11.3 Å². The first-order valence-corrected chi connectivity index (χ1v) is 11.8. The maximum atomic E-state index is 13.1. The summed E-state index contributed by atoms with van der Waals surface area (Å²) in [7, 11) is 1.79. The molecule has 0 aliphatic carbocycles. The highest BCUT2D eigenvalue weighted by Gasteiger charge is 2.40. The van der Waals surface area contributed by atoms with Crippen LogP contribution in [0.2, 0.25) is 0 Å². The minimum atomic E-state index is -0.439. The Balaban J connectivity index is 2.07. The van der Waals surface area contributed by atoms with Crippen LogP contribution < -0.4 is 10.6 Å². The van der Waals surface area contributed by atoms with Gasteiger partial charge in [-0.3, -0.25) is 9.59 Å². The van der Waals surface area contributed by atoms with Gasteiger partial charge in [-0.1, -0.05) is 58.2 Å². The highest BCUT2D eigenvalue weighted by molar-refractivity contribution is 7.11. The zero-order valence-electron chi connectivity index (χ0n) is 19.9. The summed E-state index contributed by atoms with van der Waals surface area (Å²) in [5, 5.41) is 6.11. The number of nitrogens with zero attached hydrogens (tertiary/aromatic N) is 2. The molecule has 2 amide bonds. The number of allylic oxidation sites excluding steroid dienone is 4. The number of rotatable bonds is 9. The molecular weight excluding hydrogens is 420 g/mol. The van der Waals surface area contributed by atoms with Crippen LogP contribution in [0.1, 0.15) is 44.2 Å². The molecule has 0 unspecified atom stereocenters. The van der Waals surface area contributed by atoms with E-state index < -0.39 is 6.04 Å². The molecule has 2 rings (SSSR count). The largest absolute Gasteiger partial charge is 0.350 e. The van der Waals surface area contributed by atoms with Crippen molar-refractivity contribution < 1.29 is 9.59 Å². The van der Waals surface area contributed by atoms with E-state index in [4.69, 9.17) is 0 Å². The van der Waals surface area contributed by atoms with E-state index in [1.54, 1.807) is 35.4 Å². The molecule has 0 aromatic carbocycles. The van der Waals surface area contributed by atoms with Crippen molar-refractivity contribution in [2.24, 2.45) is 5.41 Å². The lowest BCUT2D eigenvalue weighted by molar-refractivity contribution is -0.141. The molecule has 1 aromatic rings. The summed E-state index contributed by atoms with van der Waals surface area (Å²) in [4.78, 5) is 33.1. The van der Waals surface area contributed by atoms with Crippen LogP contribution in [0.4, 0.5) is 0 Å². The number of aryl methyl sites for hydroxylation is 1. The van der Waals surface area contributed by atoms with Gasteiger partial charge in [-0.15, -0.1) is 11.3 Å². The lowest BCUT2D eigenvalue weighted by atomic mass is 9.86. The van der Waals surface area contributed by atoms with Gasteiger partial charge in [0.25, 0.3) is 0 Å². The summed E-state index contributed by atoms with van der Waals surface area (Å²) in [6, 6.07) is -0.775. The first-order chi connectivity index (χ1) is 15.1. The molecule has 2 heterocycles. The Kier molecular flexibility index (Phi) is 9.16. The topological polar surface area (TPSA) is 74.3 Å². The van der Waals surface area contributed by atoms with Gasteiger partial charge in [-0.05, 0) is 43.4 Å². The maximum Gasteiger partial charge on any atom is 0.243 e. The van der Waals surface area contributed by atoms with Crippen LogP contribution in [0.3, 0.4) is 0 Å². The number of amides is 2. The summed E-state index contributed by atoms with van der Waals surface area (Å²) in [6.45, 7) is 16.8. The van der Waals surface area contributed by atoms with E-state index in [1.807, 2.05) is 45.4 Å². The molecule has 6 nitrogen and oxygen atoms in total. The Bertz CT molecular complexity index is 907. The van der Waals surface area contributed by atoms with Gasteiger partial charge in [0.1, 0.15) is 6.04 Å². The van der Waals surface area contributed by atoms with E-state index in [-0.39, 0.29) is 23.3 Å². The van der Waals surface area contributed by atoms with Crippen molar-refractivity contribution in [3.8, 4) is 0 Å². The van der Waals surface area contributed by atoms with Crippen LogP contribution in [0, 0.1) is 12.3 Å². The zero-order chi connectivity index (χ0) is 23.9. The van der Waals surface area contributed by atoms with Crippen LogP contribution in [0.25, 0.3) is 5.57 Å². The average Bonchev–Trinajstić information content (AvgIpc) is 3.39. The van der Waals surface area contributed by atoms with Gasteiger partial charge in [0.15, 0.2) is 0 Å². The molecule has 1 aromatic heterocycles. The van der Waals surface area contributed by atoms with Crippen LogP contribution in [0.5, 0.6) is 0 Å². The van der Waals surface area contributed by atoms with E-state index >= 15 is 0 Å². The van der Waals surface area contributed by atoms with E-state index in [0.717, 1.165) is 28.1 Å². The molecule has 1 aliphatic rings. The third kappa shape index (κ3) is 6.26. The fraction of sp³-hybridized carbons (Fsp3) is 0.480. The third-order valence-corrected chi connectivity index (χ3v) is 6.65. The Morgan fingerprint density at radius 2 is 2.03 bits per heavy atom. The standard InChI is InChI=1S/C25H36N4O2S/c1-8-18(12-13-19(9-2)21-17(3)28-16-32-21)15-27-23(30)20-11-10-14-29(20)24(31)22(26-7)25(4,5)6/h8-9,12-13,16,20,22,26H,1-2,10-11,14-15H2,3-7H3,(H,27,30)/b18-12+,19-13+/t20-,22+/m0/s1. The molecule has 174 valence electrons. The van der Waals surface area contributed by atoms with E-state index in [1.165, 1.54) is 0 Å². The lowest BCUT2D eigenvalue weighted by Gasteiger charge is -2.34. The van der Waals surface area contributed by atoms with Crippen molar-refractivity contribution in [1.82, 2.24) is 20.5 Å². The van der Waals surface area contributed by atoms with Gasteiger partial charge >= 0.3 is 0 Å². The fourth-order valence-corrected chi connectivity index (χ4v) is 4.74. The molecule has 0 spiro atoms. The molecule has 2 N–H and O–H groups in total. The van der Waals surface area contributed by atoms with Crippen LogP contribution in [0.15, 0.2) is 48.5 Å². The Hall–Kier alpha value is -2.51. The minimum absolute atomic E-state index is 0.0179. The summed E-state index contributed by atoms with van der Waals surface area (Å²) < 4.78 is 0. The highest BCUT2D eigenvalue weighted by atomic mass is 32.1. The average molecular weight is 457 g/mol. The first kappa shape index (κ1) is 25.7. The maximum absolute atomic E-state index is 13.1. The van der Waals surface area contributed by atoms with Crippen LogP contribution in [-0.4, -0.2) is 53.9 Å². The van der Waals surface area contributed by atoms with E-state index in [9.17, 15) is 9.59 Å². The molecule has 0 saturated carbocycles. The molecule has 2 atom stereocenters. The first-order valence-electron chi connectivity index (χ1n) is 11.0. The quantitative estimate of drug-likeness (QED) is 0.553. The normalized spacial score (nSPS) is 18.4. The Morgan fingerprint density at radius 1 is 1.31 bits per heavy atom. The van der Waals surface area contributed by atoms with E-state index in [2.05, 4.69) is 28.8 Å². The highest BCUT2D eigenvalue weighted by Crippen LogP contribution is 2.26. The van der Waals surface area contributed by atoms with Crippen molar-refractivity contribution in [1.29, 1.82) is 0 Å². The molecule has 7 heteroatoms. The van der Waals surface area contributed by atoms with Crippen molar-refractivity contribution in [2.75, 3.05) is 20.1 Å². The van der Waals surface area contributed by atoms with Gasteiger partial charge in [-0.25, -0.2) is 4.98 Å². The van der Waals surface area contributed by atoms with Crippen LogP contribution in [-0.2, 0) is 9.59 Å². The van der Waals surface area contributed by atoms with Crippen molar-refractivity contribution in [2.45, 2.75) is 52.6 Å².